The normalized spacial score (nSPS) is 32.8. The van der Waals surface area contributed by atoms with Crippen molar-refractivity contribution in [3.8, 4) is 0 Å². The second kappa shape index (κ2) is 4.62. The minimum atomic E-state index is -0.934. The largest absolute Gasteiger partial charge is 0.379 e. The van der Waals surface area contributed by atoms with Crippen LogP contribution >= 0.6 is 0 Å². The number of ether oxygens (including phenoxy) is 1. The lowest BCUT2D eigenvalue weighted by Gasteiger charge is -2.30. The van der Waals surface area contributed by atoms with E-state index in [4.69, 9.17) is 10.5 Å². The lowest BCUT2D eigenvalue weighted by Crippen LogP contribution is -2.58. The average molecular weight is 241 g/mol. The van der Waals surface area contributed by atoms with E-state index in [0.29, 0.717) is 26.0 Å². The van der Waals surface area contributed by atoms with Crippen molar-refractivity contribution in [2.45, 2.75) is 30.8 Å². The van der Waals surface area contributed by atoms with E-state index < -0.39 is 5.54 Å². The first kappa shape index (κ1) is 12.3. The van der Waals surface area contributed by atoms with Crippen molar-refractivity contribution in [3.05, 3.63) is 0 Å². The zero-order valence-electron chi connectivity index (χ0n) is 10.1. The van der Waals surface area contributed by atoms with Crippen molar-refractivity contribution >= 4 is 11.8 Å². The summed E-state index contributed by atoms with van der Waals surface area (Å²) >= 11 is 0. The van der Waals surface area contributed by atoms with Crippen LogP contribution in [0.4, 0.5) is 0 Å². The number of likely N-dealkylation sites (tertiary alicyclic amines) is 1. The van der Waals surface area contributed by atoms with Crippen molar-refractivity contribution in [1.82, 2.24) is 10.2 Å². The fourth-order valence-electron chi connectivity index (χ4n) is 2.48. The van der Waals surface area contributed by atoms with Crippen LogP contribution in [0.15, 0.2) is 0 Å². The van der Waals surface area contributed by atoms with Crippen LogP contribution in [0.3, 0.4) is 0 Å². The first-order valence-corrected chi connectivity index (χ1v) is 5.98. The summed E-state index contributed by atoms with van der Waals surface area (Å²) in [6.45, 7) is 1.37. The van der Waals surface area contributed by atoms with Gasteiger partial charge in [0.1, 0.15) is 11.6 Å². The molecule has 3 N–H and O–H groups in total. The van der Waals surface area contributed by atoms with Crippen LogP contribution in [-0.2, 0) is 14.3 Å². The first-order chi connectivity index (χ1) is 8.08. The van der Waals surface area contributed by atoms with Crippen molar-refractivity contribution in [3.63, 3.8) is 0 Å². The molecule has 0 bridgehead atoms. The highest BCUT2D eigenvalue weighted by Crippen LogP contribution is 2.25. The predicted molar refractivity (Wildman–Crippen MR) is 61.2 cm³/mol. The third-order valence-corrected chi connectivity index (χ3v) is 3.54. The van der Waals surface area contributed by atoms with E-state index in [1.165, 1.54) is 0 Å². The fraction of sp³-hybridized carbons (Fsp3) is 0.818. The summed E-state index contributed by atoms with van der Waals surface area (Å²) in [5, 5.41) is 2.59. The molecule has 2 aliphatic heterocycles. The number of hydrogen-bond donors (Lipinski definition) is 2. The van der Waals surface area contributed by atoms with Crippen LogP contribution in [-0.4, -0.2) is 55.1 Å². The Bertz CT molecular complexity index is 326. The van der Waals surface area contributed by atoms with Gasteiger partial charge in [-0.3, -0.25) is 9.59 Å². The molecule has 2 fully saturated rings. The molecule has 0 aromatic heterocycles. The third-order valence-electron chi connectivity index (χ3n) is 3.54. The molecule has 2 amide bonds. The molecular weight excluding hydrogens is 222 g/mol. The molecule has 0 radical (unpaired) electrons. The van der Waals surface area contributed by atoms with E-state index in [9.17, 15) is 9.59 Å². The second-order valence-corrected chi connectivity index (χ2v) is 4.73. The van der Waals surface area contributed by atoms with Crippen LogP contribution < -0.4 is 11.1 Å². The minimum absolute atomic E-state index is 0.113. The van der Waals surface area contributed by atoms with Crippen LogP contribution in [0.5, 0.6) is 0 Å². The summed E-state index contributed by atoms with van der Waals surface area (Å²) in [5.41, 5.74) is 5.10. The minimum Gasteiger partial charge on any atom is -0.379 e. The lowest BCUT2D eigenvalue weighted by molar-refractivity contribution is -0.142. The van der Waals surface area contributed by atoms with Gasteiger partial charge in [-0.2, -0.15) is 0 Å². The highest BCUT2D eigenvalue weighted by Gasteiger charge is 2.45. The van der Waals surface area contributed by atoms with Crippen molar-refractivity contribution < 1.29 is 14.3 Å². The van der Waals surface area contributed by atoms with E-state index in [1.807, 2.05) is 0 Å². The van der Waals surface area contributed by atoms with Gasteiger partial charge in [0.15, 0.2) is 0 Å². The summed E-state index contributed by atoms with van der Waals surface area (Å²) in [5.74, 6) is -0.264. The number of amides is 2. The van der Waals surface area contributed by atoms with E-state index in [0.717, 1.165) is 6.42 Å². The Morgan fingerprint density at radius 2 is 2.29 bits per heavy atom. The van der Waals surface area contributed by atoms with Gasteiger partial charge in [0.05, 0.1) is 6.61 Å². The zero-order valence-corrected chi connectivity index (χ0v) is 10.1. The molecule has 6 heteroatoms. The molecule has 2 unspecified atom stereocenters. The molecule has 2 atom stereocenters. The van der Waals surface area contributed by atoms with Crippen molar-refractivity contribution in [2.75, 3.05) is 26.8 Å². The Morgan fingerprint density at radius 3 is 2.88 bits per heavy atom. The molecule has 2 rings (SSSR count). The number of nitrogens with zero attached hydrogens (tertiary/aromatic N) is 1. The zero-order chi connectivity index (χ0) is 12.5. The van der Waals surface area contributed by atoms with Gasteiger partial charge in [0.25, 0.3) is 0 Å². The van der Waals surface area contributed by atoms with Gasteiger partial charge in [-0.25, -0.2) is 0 Å². The Kier molecular flexibility index (Phi) is 3.35. The molecule has 6 nitrogen and oxygen atoms in total. The number of likely N-dealkylation sites (N-methyl/N-ethyl adjacent to an activating group) is 1. The Balaban J connectivity index is 2.10. The molecule has 2 saturated heterocycles. The van der Waals surface area contributed by atoms with E-state index in [-0.39, 0.29) is 24.5 Å². The SMILES string of the molecule is CNC(=O)C1CCCN1C(=O)C1(N)CCOC1. The topological polar surface area (TPSA) is 84.7 Å². The molecule has 17 heavy (non-hydrogen) atoms. The van der Waals surface area contributed by atoms with Crippen LogP contribution in [0.2, 0.25) is 0 Å². The third kappa shape index (κ3) is 2.14. The quantitative estimate of drug-likeness (QED) is 0.639. The maximum absolute atomic E-state index is 12.3. The summed E-state index contributed by atoms with van der Waals surface area (Å²) in [6, 6.07) is -0.367. The van der Waals surface area contributed by atoms with E-state index in [2.05, 4.69) is 5.32 Å². The highest BCUT2D eigenvalue weighted by molar-refractivity contribution is 5.92. The second-order valence-electron chi connectivity index (χ2n) is 4.73. The van der Waals surface area contributed by atoms with Crippen LogP contribution in [0, 0.1) is 0 Å². The molecular formula is C11H19N3O3. The Labute approximate surface area is 100 Å². The van der Waals surface area contributed by atoms with Gasteiger partial charge in [-0.05, 0) is 19.3 Å². The smallest absolute Gasteiger partial charge is 0.245 e. The van der Waals surface area contributed by atoms with Crippen LogP contribution in [0.25, 0.3) is 0 Å². The van der Waals surface area contributed by atoms with E-state index in [1.54, 1.807) is 11.9 Å². The monoisotopic (exact) mass is 241 g/mol. The highest BCUT2D eigenvalue weighted by atomic mass is 16.5. The average Bonchev–Trinajstić information content (AvgIpc) is 2.96. The number of nitrogens with two attached hydrogens (primary N) is 1. The molecule has 0 saturated carbocycles. The van der Waals surface area contributed by atoms with Gasteiger partial charge in [0.2, 0.25) is 11.8 Å². The van der Waals surface area contributed by atoms with Gasteiger partial charge in [-0.15, -0.1) is 0 Å². The summed E-state index contributed by atoms with van der Waals surface area (Å²) in [4.78, 5) is 25.6. The Morgan fingerprint density at radius 1 is 1.53 bits per heavy atom. The van der Waals surface area contributed by atoms with Gasteiger partial charge in [-0.1, -0.05) is 0 Å². The standard InChI is InChI=1S/C11H19N3O3/c1-13-9(15)8-3-2-5-14(8)10(16)11(12)4-6-17-7-11/h8H,2-7,12H2,1H3,(H,13,15). The molecule has 0 aliphatic carbocycles. The number of nitrogens with one attached hydrogen (secondary N) is 1. The lowest BCUT2D eigenvalue weighted by atomic mass is 9.98. The summed E-state index contributed by atoms with van der Waals surface area (Å²) in [6.07, 6.45) is 2.09. The summed E-state index contributed by atoms with van der Waals surface area (Å²) < 4.78 is 5.19. The van der Waals surface area contributed by atoms with E-state index >= 15 is 0 Å². The molecule has 0 aromatic carbocycles. The first-order valence-electron chi connectivity index (χ1n) is 5.98. The van der Waals surface area contributed by atoms with Crippen molar-refractivity contribution in [2.24, 2.45) is 5.73 Å². The van der Waals surface area contributed by atoms with Crippen molar-refractivity contribution in [1.29, 1.82) is 0 Å². The summed E-state index contributed by atoms with van der Waals surface area (Å²) in [7, 11) is 1.58. The number of carbonyl (C=O) groups excluding carboxylic acids is 2. The maximum atomic E-state index is 12.3. The Hall–Kier alpha value is -1.14. The number of rotatable bonds is 2. The number of hydrogen-bond acceptors (Lipinski definition) is 4. The molecule has 0 spiro atoms. The predicted octanol–water partition coefficient (Wildman–Crippen LogP) is -1.16. The van der Waals surface area contributed by atoms with Crippen LogP contribution in [0.1, 0.15) is 19.3 Å². The maximum Gasteiger partial charge on any atom is 0.245 e. The molecule has 0 aromatic rings. The number of carbonyl (C=O) groups is 2. The van der Waals surface area contributed by atoms with Gasteiger partial charge in [0, 0.05) is 20.2 Å². The fourth-order valence-corrected chi connectivity index (χ4v) is 2.48. The molecule has 2 heterocycles. The molecule has 2 aliphatic rings. The molecule has 96 valence electrons. The van der Waals surface area contributed by atoms with Gasteiger partial charge >= 0.3 is 0 Å². The van der Waals surface area contributed by atoms with Gasteiger partial charge < -0.3 is 20.7 Å².